The van der Waals surface area contributed by atoms with Crippen LogP contribution >= 0.6 is 0 Å². The Hall–Kier alpha value is -3.56. The lowest BCUT2D eigenvalue weighted by Gasteiger charge is -2.28. The third-order valence-electron chi connectivity index (χ3n) is 6.56. The number of anilines is 1. The Balaban J connectivity index is 1.52. The topological polar surface area (TPSA) is 128 Å². The van der Waals surface area contributed by atoms with Crippen molar-refractivity contribution in [3.63, 3.8) is 0 Å². The number of aromatic nitrogens is 6. The van der Waals surface area contributed by atoms with Crippen molar-refractivity contribution in [3.8, 4) is 17.1 Å². The first-order chi connectivity index (χ1) is 17.2. The summed E-state index contributed by atoms with van der Waals surface area (Å²) in [5, 5.41) is 21.3. The fourth-order valence-electron chi connectivity index (χ4n) is 4.44. The Morgan fingerprint density at radius 1 is 1.22 bits per heavy atom. The first-order valence-corrected chi connectivity index (χ1v) is 12.5. The number of aryl methyl sites for hydroxylation is 2. The molecule has 2 N–H and O–H groups in total. The van der Waals surface area contributed by atoms with E-state index >= 15 is 0 Å². The number of hydrogen-bond acceptors (Lipinski definition) is 8. The van der Waals surface area contributed by atoms with Crippen LogP contribution in [-0.2, 0) is 30.2 Å². The van der Waals surface area contributed by atoms with E-state index < -0.39 is 5.97 Å². The van der Waals surface area contributed by atoms with Gasteiger partial charge >= 0.3 is 5.97 Å². The highest BCUT2D eigenvalue weighted by Crippen LogP contribution is 2.31. The molecule has 0 unspecified atom stereocenters. The normalized spacial score (nSPS) is 18.1. The second kappa shape index (κ2) is 10.6. The summed E-state index contributed by atoms with van der Waals surface area (Å²) in [6.07, 6.45) is 5.27. The van der Waals surface area contributed by atoms with Crippen LogP contribution in [0.25, 0.3) is 11.4 Å². The highest BCUT2D eigenvalue weighted by molar-refractivity contribution is 5.70. The molecule has 3 heterocycles. The zero-order valence-electron chi connectivity index (χ0n) is 21.7. The molecule has 10 nitrogen and oxygen atoms in total. The van der Waals surface area contributed by atoms with Crippen molar-refractivity contribution in [2.45, 2.75) is 77.9 Å². The monoisotopic (exact) mass is 493 g/mol. The van der Waals surface area contributed by atoms with Crippen LogP contribution in [0.5, 0.6) is 5.75 Å². The van der Waals surface area contributed by atoms with Gasteiger partial charge in [0.15, 0.2) is 0 Å². The largest absolute Gasteiger partial charge is 0.488 e. The van der Waals surface area contributed by atoms with Crippen molar-refractivity contribution >= 4 is 11.9 Å². The van der Waals surface area contributed by atoms with E-state index in [9.17, 15) is 9.90 Å². The molecule has 192 valence electrons. The van der Waals surface area contributed by atoms with E-state index in [4.69, 9.17) is 9.72 Å². The molecule has 3 aromatic rings. The number of hydrogen-bond donors (Lipinski definition) is 2. The zero-order chi connectivity index (χ0) is 25.9. The van der Waals surface area contributed by atoms with Crippen molar-refractivity contribution in [2.75, 3.05) is 5.32 Å². The van der Waals surface area contributed by atoms with Crippen LogP contribution < -0.4 is 10.1 Å². The standard InChI is InChI=1S/C26H35N7O3/c1-6-18-21(36-17-9-7-8-16(14-17)24(34)35)11-10-19(29-18)23-20(33(5)32-31-23)15-28-25-27-13-12-22(30-25)26(2,3)4/h10-13,16-17H,6-9,14-15H2,1-5H3,(H,34,35)(H,27,28,30)/t16-,17-/m0/s1. The van der Waals surface area contributed by atoms with E-state index in [2.05, 4.69) is 46.4 Å². The summed E-state index contributed by atoms with van der Waals surface area (Å²) in [5.74, 6) is 0.163. The Morgan fingerprint density at radius 3 is 2.75 bits per heavy atom. The maximum atomic E-state index is 11.4. The molecule has 0 aromatic carbocycles. The molecule has 0 radical (unpaired) electrons. The lowest BCUT2D eigenvalue weighted by molar-refractivity contribution is -0.143. The second-order valence-electron chi connectivity index (χ2n) is 10.3. The Labute approximate surface area is 211 Å². The molecule has 0 spiro atoms. The van der Waals surface area contributed by atoms with Crippen LogP contribution in [0.3, 0.4) is 0 Å². The fraction of sp³-hybridized carbons (Fsp3) is 0.538. The Kier molecular flexibility index (Phi) is 7.51. The lowest BCUT2D eigenvalue weighted by Crippen LogP contribution is -2.29. The van der Waals surface area contributed by atoms with Gasteiger partial charge in [0.25, 0.3) is 0 Å². The number of carboxylic acid groups (broad SMARTS) is 1. The summed E-state index contributed by atoms with van der Waals surface area (Å²) >= 11 is 0. The van der Waals surface area contributed by atoms with Gasteiger partial charge in [0.2, 0.25) is 5.95 Å². The number of pyridine rings is 1. The van der Waals surface area contributed by atoms with E-state index in [-0.39, 0.29) is 17.4 Å². The summed E-state index contributed by atoms with van der Waals surface area (Å²) in [7, 11) is 1.85. The highest BCUT2D eigenvalue weighted by Gasteiger charge is 2.29. The summed E-state index contributed by atoms with van der Waals surface area (Å²) in [4.78, 5) is 25.3. The maximum absolute atomic E-state index is 11.4. The average molecular weight is 494 g/mol. The van der Waals surface area contributed by atoms with Crippen molar-refractivity contribution in [2.24, 2.45) is 13.0 Å². The van der Waals surface area contributed by atoms with Gasteiger partial charge in [0.05, 0.1) is 41.3 Å². The molecule has 1 aliphatic rings. The zero-order valence-corrected chi connectivity index (χ0v) is 21.7. The Bertz CT molecular complexity index is 1220. The summed E-state index contributed by atoms with van der Waals surface area (Å²) < 4.78 is 7.96. The predicted octanol–water partition coefficient (Wildman–Crippen LogP) is 4.16. The van der Waals surface area contributed by atoms with E-state index in [0.717, 1.165) is 29.9 Å². The first kappa shape index (κ1) is 25.5. The summed E-state index contributed by atoms with van der Waals surface area (Å²) in [6, 6.07) is 5.72. The smallest absolute Gasteiger partial charge is 0.306 e. The Morgan fingerprint density at radius 2 is 2.03 bits per heavy atom. The number of rotatable bonds is 8. The molecule has 4 rings (SSSR count). The molecule has 3 aromatic heterocycles. The van der Waals surface area contributed by atoms with E-state index in [1.807, 2.05) is 32.2 Å². The van der Waals surface area contributed by atoms with Gasteiger partial charge in [0.1, 0.15) is 11.4 Å². The molecule has 2 atom stereocenters. The number of carbonyl (C=O) groups is 1. The molecule has 1 saturated carbocycles. The van der Waals surface area contributed by atoms with E-state index in [1.165, 1.54) is 0 Å². The number of carboxylic acids is 1. The maximum Gasteiger partial charge on any atom is 0.306 e. The minimum Gasteiger partial charge on any atom is -0.488 e. The fourth-order valence-corrected chi connectivity index (χ4v) is 4.44. The molecule has 0 amide bonds. The van der Waals surface area contributed by atoms with Crippen molar-refractivity contribution in [1.82, 2.24) is 29.9 Å². The van der Waals surface area contributed by atoms with Gasteiger partial charge in [-0.2, -0.15) is 0 Å². The molecule has 10 heteroatoms. The minimum atomic E-state index is -0.744. The molecule has 1 aliphatic carbocycles. The van der Waals surface area contributed by atoms with Crippen LogP contribution in [0.4, 0.5) is 5.95 Å². The quantitative estimate of drug-likeness (QED) is 0.475. The molecule has 1 fully saturated rings. The SMILES string of the molecule is CCc1nc(-c2nnn(C)c2CNc2nccc(C(C)(C)C)n2)ccc1O[C@H]1CCC[C@H](C(=O)O)C1. The van der Waals surface area contributed by atoms with Crippen LogP contribution in [0.1, 0.15) is 70.5 Å². The number of nitrogens with one attached hydrogen (secondary N) is 1. The first-order valence-electron chi connectivity index (χ1n) is 12.5. The lowest BCUT2D eigenvalue weighted by atomic mass is 9.87. The average Bonchev–Trinajstić information content (AvgIpc) is 3.23. The predicted molar refractivity (Wildman–Crippen MR) is 136 cm³/mol. The minimum absolute atomic E-state index is 0.0743. The van der Waals surface area contributed by atoms with Crippen molar-refractivity contribution in [3.05, 3.63) is 41.5 Å². The summed E-state index contributed by atoms with van der Waals surface area (Å²) in [6.45, 7) is 8.81. The molecule has 36 heavy (non-hydrogen) atoms. The second-order valence-corrected chi connectivity index (χ2v) is 10.3. The van der Waals surface area contributed by atoms with Gasteiger partial charge in [-0.1, -0.05) is 32.9 Å². The van der Waals surface area contributed by atoms with E-state index in [1.54, 1.807) is 10.9 Å². The van der Waals surface area contributed by atoms with Crippen LogP contribution in [0, 0.1) is 5.92 Å². The van der Waals surface area contributed by atoms with Gasteiger partial charge < -0.3 is 15.2 Å². The third-order valence-corrected chi connectivity index (χ3v) is 6.56. The number of ether oxygens (including phenoxy) is 1. The highest BCUT2D eigenvalue weighted by atomic mass is 16.5. The van der Waals surface area contributed by atoms with Gasteiger partial charge in [-0.25, -0.2) is 19.6 Å². The molecular weight excluding hydrogens is 458 g/mol. The van der Waals surface area contributed by atoms with Gasteiger partial charge in [0, 0.05) is 18.7 Å². The summed E-state index contributed by atoms with van der Waals surface area (Å²) in [5.41, 5.74) is 3.95. The number of nitrogens with zero attached hydrogens (tertiary/aromatic N) is 6. The molecule has 0 aliphatic heterocycles. The van der Waals surface area contributed by atoms with E-state index in [0.29, 0.717) is 48.9 Å². The molecular formula is C26H35N7O3. The number of aliphatic carboxylic acids is 1. The van der Waals surface area contributed by atoms with Crippen LogP contribution in [-0.4, -0.2) is 47.1 Å². The van der Waals surface area contributed by atoms with Gasteiger partial charge in [-0.05, 0) is 50.3 Å². The molecule has 0 saturated heterocycles. The van der Waals surface area contributed by atoms with Crippen LogP contribution in [0.2, 0.25) is 0 Å². The van der Waals surface area contributed by atoms with Crippen LogP contribution in [0.15, 0.2) is 24.4 Å². The van der Waals surface area contributed by atoms with Gasteiger partial charge in [-0.3, -0.25) is 4.79 Å². The van der Waals surface area contributed by atoms with Crippen molar-refractivity contribution in [1.29, 1.82) is 0 Å². The van der Waals surface area contributed by atoms with Gasteiger partial charge in [-0.15, -0.1) is 5.10 Å². The van der Waals surface area contributed by atoms with Crippen molar-refractivity contribution < 1.29 is 14.6 Å². The third kappa shape index (κ3) is 5.80. The molecule has 0 bridgehead atoms.